The van der Waals surface area contributed by atoms with Gasteiger partial charge in [-0.05, 0) is 199 Å². The summed E-state index contributed by atoms with van der Waals surface area (Å²) < 4.78 is 0. The van der Waals surface area contributed by atoms with Crippen LogP contribution >= 0.6 is 0 Å². The molecule has 0 radical (unpaired) electrons. The lowest BCUT2D eigenvalue weighted by atomic mass is 9.85. The van der Waals surface area contributed by atoms with Crippen molar-refractivity contribution < 1.29 is 0 Å². The third-order valence-electron chi connectivity index (χ3n) is 18.9. The van der Waals surface area contributed by atoms with Gasteiger partial charge in [0.25, 0.3) is 0 Å². The van der Waals surface area contributed by atoms with Crippen LogP contribution in [0.15, 0.2) is 364 Å². The second kappa shape index (κ2) is 23.2. The van der Waals surface area contributed by atoms with Crippen LogP contribution in [0.25, 0.3) is 175 Å². The molecule has 0 spiro atoms. The highest BCUT2D eigenvalue weighted by Crippen LogP contribution is 2.47. The topological polar surface area (TPSA) is 0 Å². The van der Waals surface area contributed by atoms with Crippen molar-refractivity contribution in [2.24, 2.45) is 0 Å². The lowest BCUT2D eigenvalue weighted by Gasteiger charge is -2.18. The van der Waals surface area contributed by atoms with Crippen molar-refractivity contribution >= 4 is 86.2 Å². The van der Waals surface area contributed by atoms with E-state index in [-0.39, 0.29) is 0 Å². The van der Waals surface area contributed by atoms with Gasteiger partial charge in [0, 0.05) is 0 Å². The number of hydrogen-bond donors (Lipinski definition) is 0. The fraction of sp³-hybridized carbons (Fsp3) is 0. The lowest BCUT2D eigenvalue weighted by molar-refractivity contribution is 1.62. The van der Waals surface area contributed by atoms with E-state index in [2.05, 4.69) is 364 Å². The van der Waals surface area contributed by atoms with E-state index in [0.717, 1.165) is 0 Å². The Labute approximate surface area is 535 Å². The molecule has 428 valence electrons. The molecule has 0 amide bonds. The molecule has 0 fully saturated rings. The molecule has 18 aromatic carbocycles. The highest BCUT2D eigenvalue weighted by atomic mass is 14.2. The fourth-order valence-corrected chi connectivity index (χ4v) is 14.4. The van der Waals surface area contributed by atoms with Gasteiger partial charge in [0.15, 0.2) is 0 Å². The molecule has 0 bridgehead atoms. The smallest absolute Gasteiger partial charge is 0.00262 e. The average Bonchev–Trinajstić information content (AvgIpc) is 0.787. The van der Waals surface area contributed by atoms with Crippen LogP contribution in [0.1, 0.15) is 0 Å². The van der Waals surface area contributed by atoms with Crippen molar-refractivity contribution in [1.29, 1.82) is 0 Å². The molecular formula is C92H60. The molecule has 0 aromatic heterocycles. The molecule has 0 heterocycles. The highest BCUT2D eigenvalue weighted by molar-refractivity contribution is 6.23. The average molecular weight is 1170 g/mol. The number of hydrogen-bond acceptors (Lipinski definition) is 0. The van der Waals surface area contributed by atoms with E-state index in [9.17, 15) is 0 Å². The predicted molar refractivity (Wildman–Crippen MR) is 396 cm³/mol. The minimum absolute atomic E-state index is 1.23. The summed E-state index contributed by atoms with van der Waals surface area (Å²) >= 11 is 0. The van der Waals surface area contributed by atoms with E-state index in [1.807, 2.05) is 0 Å². The summed E-state index contributed by atoms with van der Waals surface area (Å²) in [5, 5.41) is 20.3. The maximum absolute atomic E-state index is 2.36. The third kappa shape index (κ3) is 9.83. The van der Waals surface area contributed by atoms with Gasteiger partial charge >= 0.3 is 0 Å². The Balaban J connectivity index is 0.000000141. The quantitative estimate of drug-likeness (QED) is 0.133. The molecule has 0 N–H and O–H groups in total. The first-order valence-electron chi connectivity index (χ1n) is 31.9. The van der Waals surface area contributed by atoms with E-state index in [0.29, 0.717) is 0 Å². The van der Waals surface area contributed by atoms with Crippen LogP contribution in [0.2, 0.25) is 0 Å². The standard InChI is InChI=1S/2C46H30/c1-3-11-37-29-39(27-21-31(37)9-1)33-17-23-35(24-18-33)45-41-13-5-7-15-43(41)46(44-16-8-6-14-42(44)45)36-25-19-34(20-26-36)40-28-22-32-10-2-4-12-38(32)30-40;1-2-11-31(12-3-1)35-25-26-37-30-38(28-27-36(37)29-35)46-43-18-8-6-16-41(43)45(42-17-7-9-19-44(42)46)34-23-21-33(22-24-34)40-20-10-14-32-13-4-5-15-39(32)40/h2*1-30H. The second-order valence-corrected chi connectivity index (χ2v) is 24.2. The zero-order chi connectivity index (χ0) is 60.9. The molecule has 18 aromatic rings. The van der Waals surface area contributed by atoms with Gasteiger partial charge in [0.1, 0.15) is 0 Å². The molecule has 0 saturated carbocycles. The summed E-state index contributed by atoms with van der Waals surface area (Å²) in [6.07, 6.45) is 0. The Morgan fingerprint density at radius 3 is 0.750 bits per heavy atom. The molecule has 92 heavy (non-hydrogen) atoms. The molecule has 0 aliphatic rings. The Hall–Kier alpha value is -12.0. The molecule has 0 nitrogen and oxygen atoms in total. The van der Waals surface area contributed by atoms with Crippen molar-refractivity contribution in [1.82, 2.24) is 0 Å². The molecule has 0 atom stereocenters. The summed E-state index contributed by atoms with van der Waals surface area (Å²) in [7, 11) is 0. The van der Waals surface area contributed by atoms with Gasteiger partial charge in [-0.15, -0.1) is 0 Å². The zero-order valence-corrected chi connectivity index (χ0v) is 50.6. The summed E-state index contributed by atoms with van der Waals surface area (Å²) in [6, 6.07) is 133. The number of rotatable bonds is 8. The molecule has 0 aliphatic carbocycles. The van der Waals surface area contributed by atoms with Gasteiger partial charge in [-0.25, -0.2) is 0 Å². The minimum atomic E-state index is 1.23. The second-order valence-electron chi connectivity index (χ2n) is 24.2. The van der Waals surface area contributed by atoms with E-state index >= 15 is 0 Å². The van der Waals surface area contributed by atoms with Crippen LogP contribution in [-0.4, -0.2) is 0 Å². The molecule has 18 rings (SSSR count). The Morgan fingerprint density at radius 2 is 0.348 bits per heavy atom. The van der Waals surface area contributed by atoms with Crippen LogP contribution in [0.3, 0.4) is 0 Å². The van der Waals surface area contributed by atoms with Crippen molar-refractivity contribution in [3.63, 3.8) is 0 Å². The molecule has 0 aliphatic heterocycles. The van der Waals surface area contributed by atoms with Gasteiger partial charge in [0.05, 0.1) is 0 Å². The molecular weight excluding hydrogens is 1110 g/mol. The van der Waals surface area contributed by atoms with E-state index in [1.54, 1.807) is 0 Å². The van der Waals surface area contributed by atoms with E-state index in [4.69, 9.17) is 0 Å². The highest BCUT2D eigenvalue weighted by Gasteiger charge is 2.20. The SMILES string of the molecule is c1ccc(-c2ccc3cc(-c4c5ccccc5c(-c5ccc(-c6cccc7ccccc67)cc5)c5ccccc45)ccc3c2)cc1.c1ccc2cc(-c3ccc(-c4c5ccccc5c(-c5ccc(-c6ccc7ccccc7c6)cc5)c5ccccc45)cc3)ccc2c1. The molecule has 0 unspecified atom stereocenters. The maximum Gasteiger partial charge on any atom is -0.00262 e. The summed E-state index contributed by atoms with van der Waals surface area (Å²) in [6.45, 7) is 0. The lowest BCUT2D eigenvalue weighted by Crippen LogP contribution is -1.91. The minimum Gasteiger partial charge on any atom is -0.0622 e. The predicted octanol–water partition coefficient (Wildman–Crippen LogP) is 25.9. The number of benzene rings is 18. The van der Waals surface area contributed by atoms with Gasteiger partial charge in [0.2, 0.25) is 0 Å². The largest absolute Gasteiger partial charge is 0.0622 e. The van der Waals surface area contributed by atoms with E-state index in [1.165, 1.54) is 175 Å². The molecule has 0 saturated heterocycles. The molecule has 0 heteroatoms. The van der Waals surface area contributed by atoms with Crippen molar-refractivity contribution in [3.05, 3.63) is 364 Å². The van der Waals surface area contributed by atoms with Crippen molar-refractivity contribution in [3.8, 4) is 89.0 Å². The summed E-state index contributed by atoms with van der Waals surface area (Å²) in [5.41, 5.74) is 20.0. The van der Waals surface area contributed by atoms with Gasteiger partial charge in [-0.1, -0.05) is 340 Å². The monoisotopic (exact) mass is 1160 g/mol. The van der Waals surface area contributed by atoms with Gasteiger partial charge < -0.3 is 0 Å². The Morgan fingerprint density at radius 1 is 0.109 bits per heavy atom. The third-order valence-corrected chi connectivity index (χ3v) is 18.9. The Kier molecular flexibility index (Phi) is 13.7. The first-order valence-corrected chi connectivity index (χ1v) is 31.9. The van der Waals surface area contributed by atoms with Crippen LogP contribution < -0.4 is 0 Å². The zero-order valence-electron chi connectivity index (χ0n) is 50.6. The Bertz CT molecular complexity index is 5540. The van der Waals surface area contributed by atoms with Gasteiger partial charge in [-0.2, -0.15) is 0 Å². The van der Waals surface area contributed by atoms with Crippen LogP contribution in [0.5, 0.6) is 0 Å². The fourth-order valence-electron chi connectivity index (χ4n) is 14.4. The van der Waals surface area contributed by atoms with Crippen LogP contribution in [-0.2, 0) is 0 Å². The van der Waals surface area contributed by atoms with Crippen molar-refractivity contribution in [2.75, 3.05) is 0 Å². The normalized spacial score (nSPS) is 11.5. The maximum atomic E-state index is 2.36. The van der Waals surface area contributed by atoms with Gasteiger partial charge in [-0.3, -0.25) is 0 Å². The van der Waals surface area contributed by atoms with Crippen LogP contribution in [0.4, 0.5) is 0 Å². The van der Waals surface area contributed by atoms with Crippen molar-refractivity contribution in [2.45, 2.75) is 0 Å². The van der Waals surface area contributed by atoms with E-state index < -0.39 is 0 Å². The first kappa shape index (κ1) is 54.2. The summed E-state index contributed by atoms with van der Waals surface area (Å²) in [5.74, 6) is 0. The van der Waals surface area contributed by atoms with Crippen LogP contribution in [0, 0.1) is 0 Å². The first-order chi connectivity index (χ1) is 45.6. The number of fused-ring (bicyclic) bond motifs is 8. The summed E-state index contributed by atoms with van der Waals surface area (Å²) in [4.78, 5) is 0.